The number of phenolic OH excluding ortho intramolecular Hbond substituents is 1. The highest BCUT2D eigenvalue weighted by molar-refractivity contribution is 6.33. The largest absolute Gasteiger partial charge is 0.508 e. The number of aromatic nitrogens is 2. The van der Waals surface area contributed by atoms with Crippen LogP contribution in [0.3, 0.4) is 0 Å². The maximum absolute atomic E-state index is 12.8. The number of aromatic hydroxyl groups is 1. The van der Waals surface area contributed by atoms with Crippen LogP contribution in [0.15, 0.2) is 24.3 Å². The van der Waals surface area contributed by atoms with Crippen LogP contribution in [-0.2, 0) is 6.18 Å². The average Bonchev–Trinajstić information content (AvgIpc) is 2.40. The summed E-state index contributed by atoms with van der Waals surface area (Å²) in [6, 6.07) is 4.80. The van der Waals surface area contributed by atoms with E-state index in [1.165, 1.54) is 25.2 Å². The van der Waals surface area contributed by atoms with Gasteiger partial charge in [-0.05, 0) is 12.1 Å². The lowest BCUT2D eigenvalue weighted by molar-refractivity contribution is -0.141. The third-order valence-electron chi connectivity index (χ3n) is 2.46. The van der Waals surface area contributed by atoms with Gasteiger partial charge in [-0.15, -0.1) is 0 Å². The molecule has 2 rings (SSSR count). The lowest BCUT2D eigenvalue weighted by Gasteiger charge is -2.12. The van der Waals surface area contributed by atoms with Crippen LogP contribution >= 0.6 is 11.6 Å². The molecular weight excluding hydrogens is 309 g/mol. The van der Waals surface area contributed by atoms with Gasteiger partial charge in [0.05, 0.1) is 10.7 Å². The Kier molecular flexibility index (Phi) is 4.08. The number of hydrogen-bond acceptors (Lipinski definition) is 5. The van der Waals surface area contributed by atoms with Gasteiger partial charge in [-0.2, -0.15) is 18.2 Å². The van der Waals surface area contributed by atoms with Crippen LogP contribution < -0.4 is 10.6 Å². The number of hydrogen-bond donors (Lipinski definition) is 3. The van der Waals surface area contributed by atoms with Gasteiger partial charge in [-0.1, -0.05) is 11.6 Å². The molecule has 0 spiro atoms. The Morgan fingerprint density at radius 1 is 1.19 bits per heavy atom. The van der Waals surface area contributed by atoms with E-state index in [2.05, 4.69) is 20.6 Å². The van der Waals surface area contributed by atoms with E-state index in [0.29, 0.717) is 5.69 Å². The molecule has 1 aromatic carbocycles. The number of nitrogens with one attached hydrogen (secondary N) is 2. The zero-order valence-electron chi connectivity index (χ0n) is 10.7. The molecule has 5 nitrogen and oxygen atoms in total. The fraction of sp³-hybridized carbons (Fsp3) is 0.167. The minimum absolute atomic E-state index is 0.0554. The molecule has 0 amide bonds. The predicted octanol–water partition coefficient (Wildman–Crippen LogP) is 3.64. The van der Waals surface area contributed by atoms with Crippen molar-refractivity contribution in [3.8, 4) is 5.75 Å². The summed E-state index contributed by atoms with van der Waals surface area (Å²) in [7, 11) is 1.41. The Labute approximate surface area is 122 Å². The molecule has 21 heavy (non-hydrogen) atoms. The molecule has 2 aromatic rings. The third-order valence-corrected chi connectivity index (χ3v) is 2.77. The van der Waals surface area contributed by atoms with Gasteiger partial charge in [0.25, 0.3) is 0 Å². The van der Waals surface area contributed by atoms with Gasteiger partial charge in [0, 0.05) is 19.2 Å². The first kappa shape index (κ1) is 15.2. The number of alkyl halides is 3. The van der Waals surface area contributed by atoms with E-state index in [1.807, 2.05) is 0 Å². The average molecular weight is 319 g/mol. The molecule has 1 aromatic heterocycles. The van der Waals surface area contributed by atoms with Gasteiger partial charge in [-0.25, -0.2) is 4.98 Å². The summed E-state index contributed by atoms with van der Waals surface area (Å²) in [4.78, 5) is 7.21. The molecule has 112 valence electrons. The van der Waals surface area contributed by atoms with Crippen molar-refractivity contribution in [2.45, 2.75) is 6.18 Å². The van der Waals surface area contributed by atoms with E-state index in [1.54, 1.807) is 0 Å². The fourth-order valence-electron chi connectivity index (χ4n) is 1.51. The van der Waals surface area contributed by atoms with Crippen LogP contribution in [0.1, 0.15) is 5.69 Å². The number of anilines is 3. The number of halogens is 4. The molecule has 0 aliphatic rings. The second-order valence-electron chi connectivity index (χ2n) is 4.00. The number of benzene rings is 1. The first-order valence-electron chi connectivity index (χ1n) is 5.69. The van der Waals surface area contributed by atoms with Gasteiger partial charge >= 0.3 is 6.18 Å². The molecule has 0 aliphatic carbocycles. The van der Waals surface area contributed by atoms with Crippen LogP contribution in [0.5, 0.6) is 5.75 Å². The normalized spacial score (nSPS) is 11.3. The quantitative estimate of drug-likeness (QED) is 0.754. The molecule has 0 bridgehead atoms. The summed E-state index contributed by atoms with van der Waals surface area (Å²) in [6.07, 6.45) is -4.59. The number of rotatable bonds is 3. The highest BCUT2D eigenvalue weighted by Crippen LogP contribution is 2.32. The Balaban J connectivity index is 2.39. The van der Waals surface area contributed by atoms with Gasteiger partial charge in [0.15, 0.2) is 5.69 Å². The molecule has 0 unspecified atom stereocenters. The molecule has 0 saturated carbocycles. The van der Waals surface area contributed by atoms with E-state index in [9.17, 15) is 18.3 Å². The molecule has 0 atom stereocenters. The van der Waals surface area contributed by atoms with Gasteiger partial charge in [0.2, 0.25) is 5.95 Å². The maximum atomic E-state index is 12.8. The highest BCUT2D eigenvalue weighted by atomic mass is 35.5. The van der Waals surface area contributed by atoms with Gasteiger partial charge in [0.1, 0.15) is 11.6 Å². The summed E-state index contributed by atoms with van der Waals surface area (Å²) >= 11 is 5.88. The van der Waals surface area contributed by atoms with E-state index in [0.717, 1.165) is 6.07 Å². The van der Waals surface area contributed by atoms with Crippen molar-refractivity contribution in [1.82, 2.24) is 9.97 Å². The van der Waals surface area contributed by atoms with Crippen molar-refractivity contribution >= 4 is 29.1 Å². The first-order valence-corrected chi connectivity index (χ1v) is 6.07. The molecule has 0 saturated heterocycles. The summed E-state index contributed by atoms with van der Waals surface area (Å²) in [5.41, 5.74) is -0.775. The van der Waals surface area contributed by atoms with Crippen molar-refractivity contribution in [2.75, 3.05) is 17.7 Å². The van der Waals surface area contributed by atoms with E-state index in [-0.39, 0.29) is 22.5 Å². The van der Waals surface area contributed by atoms with Crippen molar-refractivity contribution in [2.24, 2.45) is 0 Å². The fourth-order valence-corrected chi connectivity index (χ4v) is 1.73. The lowest BCUT2D eigenvalue weighted by Crippen LogP contribution is -2.12. The smallest absolute Gasteiger partial charge is 0.433 e. The van der Waals surface area contributed by atoms with Crippen molar-refractivity contribution < 1.29 is 18.3 Å². The Bertz CT molecular complexity index is 663. The van der Waals surface area contributed by atoms with Crippen molar-refractivity contribution in [3.63, 3.8) is 0 Å². The zero-order chi connectivity index (χ0) is 15.6. The SMILES string of the molecule is CNc1nc(Nc2ccc(O)cc2Cl)cc(C(F)(F)F)n1. The van der Waals surface area contributed by atoms with Crippen molar-refractivity contribution in [1.29, 1.82) is 0 Å². The summed E-state index contributed by atoms with van der Waals surface area (Å²) in [5, 5.41) is 14.5. The summed E-state index contributed by atoms with van der Waals surface area (Å²) < 4.78 is 38.3. The third kappa shape index (κ3) is 3.66. The van der Waals surface area contributed by atoms with Crippen LogP contribution in [0.4, 0.5) is 30.6 Å². The molecule has 3 N–H and O–H groups in total. The molecule has 0 fully saturated rings. The second-order valence-corrected chi connectivity index (χ2v) is 4.41. The first-order chi connectivity index (χ1) is 9.79. The highest BCUT2D eigenvalue weighted by Gasteiger charge is 2.33. The number of nitrogens with zero attached hydrogens (tertiary/aromatic N) is 2. The topological polar surface area (TPSA) is 70.1 Å². The monoisotopic (exact) mass is 318 g/mol. The standard InChI is InChI=1S/C12H10ClF3N4O/c1-17-11-19-9(12(14,15)16)5-10(20-11)18-8-3-2-6(21)4-7(8)13/h2-5,21H,1H3,(H2,17,18,19,20). The molecular formula is C12H10ClF3N4O. The molecule has 9 heteroatoms. The van der Waals surface area contributed by atoms with Crippen molar-refractivity contribution in [3.05, 3.63) is 35.0 Å². The van der Waals surface area contributed by atoms with E-state index >= 15 is 0 Å². The minimum Gasteiger partial charge on any atom is -0.508 e. The Hall–Kier alpha value is -2.22. The van der Waals surface area contributed by atoms with Crippen LogP contribution in [0, 0.1) is 0 Å². The predicted molar refractivity (Wildman–Crippen MR) is 73.0 cm³/mol. The van der Waals surface area contributed by atoms with Gasteiger partial charge in [-0.3, -0.25) is 0 Å². The molecule has 1 heterocycles. The Morgan fingerprint density at radius 2 is 1.90 bits per heavy atom. The summed E-state index contributed by atoms with van der Waals surface area (Å²) in [5.74, 6) is -0.309. The van der Waals surface area contributed by atoms with Crippen LogP contribution in [0.25, 0.3) is 0 Å². The molecule has 0 radical (unpaired) electrons. The van der Waals surface area contributed by atoms with Crippen LogP contribution in [0.2, 0.25) is 5.02 Å². The van der Waals surface area contributed by atoms with Crippen LogP contribution in [-0.4, -0.2) is 22.1 Å². The molecule has 0 aliphatic heterocycles. The number of phenols is 1. The van der Waals surface area contributed by atoms with E-state index < -0.39 is 11.9 Å². The Morgan fingerprint density at radius 3 is 2.48 bits per heavy atom. The minimum atomic E-state index is -4.59. The van der Waals surface area contributed by atoms with Gasteiger partial charge < -0.3 is 15.7 Å². The maximum Gasteiger partial charge on any atom is 0.433 e. The summed E-state index contributed by atoms with van der Waals surface area (Å²) in [6.45, 7) is 0. The zero-order valence-corrected chi connectivity index (χ0v) is 11.4. The second kappa shape index (κ2) is 5.65. The van der Waals surface area contributed by atoms with E-state index in [4.69, 9.17) is 11.6 Å². The lowest BCUT2D eigenvalue weighted by atomic mass is 10.3.